The highest BCUT2D eigenvalue weighted by Crippen LogP contribution is 2.29. The highest BCUT2D eigenvalue weighted by Gasteiger charge is 2.27. The van der Waals surface area contributed by atoms with Crippen molar-refractivity contribution in [1.29, 1.82) is 0 Å². The van der Waals surface area contributed by atoms with Crippen molar-refractivity contribution in [3.05, 3.63) is 21.9 Å². The second kappa shape index (κ2) is 6.68. The molecule has 1 fully saturated rings. The number of esters is 1. The molecule has 2 heterocycles. The number of aromatic amines is 1. The van der Waals surface area contributed by atoms with Gasteiger partial charge < -0.3 is 24.7 Å². The topological polar surface area (TPSA) is 122 Å². The molecule has 0 radical (unpaired) electrons. The van der Waals surface area contributed by atoms with E-state index < -0.39 is 29.1 Å². The zero-order valence-corrected chi connectivity index (χ0v) is 11.7. The molecule has 1 aromatic heterocycles. The summed E-state index contributed by atoms with van der Waals surface area (Å²) >= 11 is 0. The summed E-state index contributed by atoms with van der Waals surface area (Å²) in [6.45, 7) is 1.59. The number of carbonyl (C=O) groups is 1. The summed E-state index contributed by atoms with van der Waals surface area (Å²) in [6.07, 6.45) is 1.27. The van der Waals surface area contributed by atoms with Gasteiger partial charge in [0, 0.05) is 0 Å². The standard InChI is InChI=1S/C13H18N2O6/c1-2-20-13(19)9-10(17)12(18)15-11(14-9)8-5-3-4-7(6-16)21-8/h7-8,16-17H,2-6H2,1H3,(H,14,15,18)/t7-,8?/m0/s1. The summed E-state index contributed by atoms with van der Waals surface area (Å²) in [6, 6.07) is 0. The summed E-state index contributed by atoms with van der Waals surface area (Å²) in [5, 5.41) is 18.8. The number of hydrogen-bond donors (Lipinski definition) is 3. The summed E-state index contributed by atoms with van der Waals surface area (Å²) in [5.74, 6) is -1.48. The van der Waals surface area contributed by atoms with E-state index in [1.807, 2.05) is 0 Å². The van der Waals surface area contributed by atoms with Gasteiger partial charge in [-0.3, -0.25) is 4.79 Å². The van der Waals surface area contributed by atoms with Gasteiger partial charge in [0.25, 0.3) is 5.56 Å². The van der Waals surface area contributed by atoms with E-state index in [1.54, 1.807) is 6.92 Å². The van der Waals surface area contributed by atoms with Gasteiger partial charge in [-0.2, -0.15) is 0 Å². The van der Waals surface area contributed by atoms with Crippen molar-refractivity contribution in [2.45, 2.75) is 38.4 Å². The Balaban J connectivity index is 2.32. The summed E-state index contributed by atoms with van der Waals surface area (Å²) < 4.78 is 10.3. The fourth-order valence-corrected chi connectivity index (χ4v) is 2.21. The molecule has 21 heavy (non-hydrogen) atoms. The number of aromatic hydroxyl groups is 1. The maximum atomic E-state index is 11.7. The summed E-state index contributed by atoms with van der Waals surface area (Å²) in [5.41, 5.74) is -1.25. The lowest BCUT2D eigenvalue weighted by molar-refractivity contribution is -0.0773. The second-order valence-corrected chi connectivity index (χ2v) is 4.73. The SMILES string of the molecule is CCOC(=O)c1nc(C2CCC[C@@H](CO)O2)[nH]c(=O)c1O. The number of nitrogens with zero attached hydrogens (tertiary/aromatic N) is 1. The minimum atomic E-state index is -0.864. The second-order valence-electron chi connectivity index (χ2n) is 4.73. The van der Waals surface area contributed by atoms with Gasteiger partial charge in [0.05, 0.1) is 19.3 Å². The smallest absolute Gasteiger partial charge is 0.361 e. The number of aromatic nitrogens is 2. The van der Waals surface area contributed by atoms with E-state index >= 15 is 0 Å². The number of H-pyrrole nitrogens is 1. The molecule has 0 aliphatic carbocycles. The van der Waals surface area contributed by atoms with Crippen LogP contribution in [0.5, 0.6) is 5.75 Å². The van der Waals surface area contributed by atoms with Gasteiger partial charge in [0.2, 0.25) is 5.75 Å². The Morgan fingerprint density at radius 2 is 2.29 bits per heavy atom. The minimum Gasteiger partial charge on any atom is -0.501 e. The van der Waals surface area contributed by atoms with Crippen molar-refractivity contribution >= 4 is 5.97 Å². The Bertz CT molecular complexity index is 570. The highest BCUT2D eigenvalue weighted by atomic mass is 16.5. The Morgan fingerprint density at radius 3 is 2.95 bits per heavy atom. The van der Waals surface area contributed by atoms with Crippen molar-refractivity contribution in [3.8, 4) is 5.75 Å². The molecule has 3 N–H and O–H groups in total. The number of aliphatic hydroxyl groups excluding tert-OH is 1. The average Bonchev–Trinajstić information content (AvgIpc) is 2.50. The lowest BCUT2D eigenvalue weighted by Gasteiger charge is -2.28. The fourth-order valence-electron chi connectivity index (χ4n) is 2.21. The molecule has 1 saturated heterocycles. The van der Waals surface area contributed by atoms with Gasteiger partial charge in [0.15, 0.2) is 5.69 Å². The first-order valence-electron chi connectivity index (χ1n) is 6.83. The lowest BCUT2D eigenvalue weighted by atomic mass is 10.0. The number of carbonyl (C=O) groups excluding carboxylic acids is 1. The van der Waals surface area contributed by atoms with Gasteiger partial charge in [-0.15, -0.1) is 0 Å². The molecule has 116 valence electrons. The third-order valence-corrected chi connectivity index (χ3v) is 3.24. The van der Waals surface area contributed by atoms with Crippen LogP contribution in [0.2, 0.25) is 0 Å². The maximum absolute atomic E-state index is 11.7. The van der Waals surface area contributed by atoms with Crippen molar-refractivity contribution in [3.63, 3.8) is 0 Å². The van der Waals surface area contributed by atoms with E-state index in [4.69, 9.17) is 14.6 Å². The molecule has 0 bridgehead atoms. The van der Waals surface area contributed by atoms with Gasteiger partial charge in [-0.05, 0) is 26.2 Å². The number of rotatable bonds is 4. The lowest BCUT2D eigenvalue weighted by Crippen LogP contribution is -2.28. The first kappa shape index (κ1) is 15.5. The van der Waals surface area contributed by atoms with Gasteiger partial charge in [-0.25, -0.2) is 9.78 Å². The van der Waals surface area contributed by atoms with E-state index in [9.17, 15) is 14.7 Å². The molecule has 2 atom stereocenters. The normalized spacial score (nSPS) is 22.0. The molecule has 1 aliphatic heterocycles. The zero-order valence-electron chi connectivity index (χ0n) is 11.7. The molecular formula is C13H18N2O6. The fraction of sp³-hybridized carbons (Fsp3) is 0.615. The Morgan fingerprint density at radius 1 is 1.52 bits per heavy atom. The predicted octanol–water partition coefficient (Wildman–Crippen LogP) is 0.255. The van der Waals surface area contributed by atoms with Crippen molar-refractivity contribution in [1.82, 2.24) is 9.97 Å². The Kier molecular flexibility index (Phi) is 4.92. The van der Waals surface area contributed by atoms with Crippen LogP contribution in [-0.2, 0) is 9.47 Å². The van der Waals surface area contributed by atoms with Gasteiger partial charge in [-0.1, -0.05) is 0 Å². The van der Waals surface area contributed by atoms with E-state index in [0.29, 0.717) is 6.42 Å². The first-order valence-corrected chi connectivity index (χ1v) is 6.83. The quantitative estimate of drug-likeness (QED) is 0.681. The zero-order chi connectivity index (χ0) is 15.4. The van der Waals surface area contributed by atoms with Crippen LogP contribution in [0.4, 0.5) is 0 Å². The van der Waals surface area contributed by atoms with Crippen LogP contribution in [0.25, 0.3) is 0 Å². The van der Waals surface area contributed by atoms with E-state index in [2.05, 4.69) is 9.97 Å². The van der Waals surface area contributed by atoms with Crippen molar-refractivity contribution < 1.29 is 24.5 Å². The van der Waals surface area contributed by atoms with Crippen LogP contribution in [0.3, 0.4) is 0 Å². The molecule has 0 amide bonds. The van der Waals surface area contributed by atoms with Crippen LogP contribution in [0, 0.1) is 0 Å². The van der Waals surface area contributed by atoms with Crippen LogP contribution in [-0.4, -0.2) is 45.5 Å². The third-order valence-electron chi connectivity index (χ3n) is 3.24. The molecule has 8 nitrogen and oxygen atoms in total. The van der Waals surface area contributed by atoms with E-state index in [1.165, 1.54) is 0 Å². The summed E-state index contributed by atoms with van der Waals surface area (Å²) in [4.78, 5) is 29.8. The molecule has 1 aromatic rings. The van der Waals surface area contributed by atoms with E-state index in [-0.39, 0.29) is 25.1 Å². The molecule has 1 unspecified atom stereocenters. The first-order chi connectivity index (χ1) is 10.1. The van der Waals surface area contributed by atoms with E-state index in [0.717, 1.165) is 12.8 Å². The monoisotopic (exact) mass is 298 g/mol. The van der Waals surface area contributed by atoms with Crippen molar-refractivity contribution in [2.75, 3.05) is 13.2 Å². The van der Waals surface area contributed by atoms with Crippen LogP contribution in [0.15, 0.2) is 4.79 Å². The Hall–Kier alpha value is -1.93. The van der Waals surface area contributed by atoms with Crippen LogP contribution < -0.4 is 5.56 Å². The van der Waals surface area contributed by atoms with Gasteiger partial charge in [0.1, 0.15) is 11.9 Å². The van der Waals surface area contributed by atoms with Crippen LogP contribution in [0.1, 0.15) is 48.6 Å². The molecule has 1 aliphatic rings. The highest BCUT2D eigenvalue weighted by molar-refractivity contribution is 5.89. The summed E-state index contributed by atoms with van der Waals surface area (Å²) in [7, 11) is 0. The average molecular weight is 298 g/mol. The number of aliphatic hydroxyl groups is 1. The number of nitrogens with one attached hydrogen (secondary N) is 1. The number of ether oxygens (including phenoxy) is 2. The van der Waals surface area contributed by atoms with Crippen molar-refractivity contribution in [2.24, 2.45) is 0 Å². The Labute approximate surface area is 120 Å². The maximum Gasteiger partial charge on any atom is 0.361 e. The molecular weight excluding hydrogens is 280 g/mol. The third kappa shape index (κ3) is 3.40. The molecule has 0 aromatic carbocycles. The molecule has 0 saturated carbocycles. The van der Waals surface area contributed by atoms with Gasteiger partial charge >= 0.3 is 5.97 Å². The minimum absolute atomic E-state index is 0.106. The molecule has 0 spiro atoms. The number of hydrogen-bond acceptors (Lipinski definition) is 7. The van der Waals surface area contributed by atoms with Crippen LogP contribution >= 0.6 is 0 Å². The largest absolute Gasteiger partial charge is 0.501 e. The molecule has 2 rings (SSSR count). The molecule has 8 heteroatoms. The predicted molar refractivity (Wildman–Crippen MR) is 71.0 cm³/mol.